The van der Waals surface area contributed by atoms with Gasteiger partial charge in [-0.3, -0.25) is 24.0 Å². The molecular weight excluding hydrogens is 702 g/mol. The Bertz CT molecular complexity index is 2020. The van der Waals surface area contributed by atoms with E-state index in [-0.39, 0.29) is 69.3 Å². The fourth-order valence-corrected chi connectivity index (χ4v) is 7.23. The number of carbonyl (C=O) groups is 5. The Morgan fingerprint density at radius 1 is 0.945 bits per heavy atom. The Morgan fingerprint density at radius 3 is 2.47 bits per heavy atom. The van der Waals surface area contributed by atoms with Gasteiger partial charge in [0.2, 0.25) is 17.7 Å². The van der Waals surface area contributed by atoms with E-state index in [1.54, 1.807) is 29.3 Å². The van der Waals surface area contributed by atoms with Crippen LogP contribution in [0.3, 0.4) is 0 Å². The van der Waals surface area contributed by atoms with Gasteiger partial charge in [-0.2, -0.15) is 0 Å². The minimum absolute atomic E-state index is 0.0457. The number of fused-ring (bicyclic) bond motifs is 5. The summed E-state index contributed by atoms with van der Waals surface area (Å²) in [7, 11) is 1.50. The van der Waals surface area contributed by atoms with Crippen molar-refractivity contribution in [2.75, 3.05) is 46.5 Å². The van der Waals surface area contributed by atoms with Crippen LogP contribution in [-0.4, -0.2) is 113 Å². The number of imidazole rings is 1. The van der Waals surface area contributed by atoms with Gasteiger partial charge in [-0.25, -0.2) is 4.98 Å². The van der Waals surface area contributed by atoms with Crippen LogP contribution >= 0.6 is 0 Å². The molecule has 0 radical (unpaired) electrons. The number of carbonyl (C=O) groups excluding carboxylic acids is 5. The van der Waals surface area contributed by atoms with Crippen LogP contribution in [0.1, 0.15) is 53.4 Å². The summed E-state index contributed by atoms with van der Waals surface area (Å²) in [5.41, 5.74) is 3.51. The smallest absolute Gasteiger partial charge is 0.274 e. The van der Waals surface area contributed by atoms with E-state index in [4.69, 9.17) is 9.47 Å². The Morgan fingerprint density at radius 2 is 1.73 bits per heavy atom. The molecule has 2 aliphatic rings. The summed E-state index contributed by atoms with van der Waals surface area (Å²) in [5.74, 6) is -2.10. The third-order valence-electron chi connectivity index (χ3n) is 9.97. The maximum Gasteiger partial charge on any atom is 0.274 e. The summed E-state index contributed by atoms with van der Waals surface area (Å²) in [6.07, 6.45) is 4.06. The average Bonchev–Trinajstić information content (AvgIpc) is 3.80. The van der Waals surface area contributed by atoms with E-state index in [9.17, 15) is 24.0 Å². The van der Waals surface area contributed by atoms with Gasteiger partial charge >= 0.3 is 0 Å². The quantitative estimate of drug-likeness (QED) is 0.247. The van der Waals surface area contributed by atoms with Crippen LogP contribution in [0.25, 0.3) is 5.65 Å². The standard InChI is InChI=1S/C41H49N7O7/c1-26(2)18-33-40(52)47(16-17-54-4)24-36(49)42-32(19-28-11-6-5-7-12-28)39(51)45-34-22-48(41(53)35-23-46-15-9-10-27(3)38(46)44-35)21-31(34)29-13-8-14-30(20-29)55-25-37(50)43-33/h5-15,20,23,26,31-34H,16-19,21-22,24-25H2,1-4H3,(H,42,49)(H,43,50)(H,45,51)/t31-,32-,33+,34+/m0/s1. The predicted molar refractivity (Wildman–Crippen MR) is 204 cm³/mol. The lowest BCUT2D eigenvalue weighted by atomic mass is 9.93. The largest absolute Gasteiger partial charge is 0.484 e. The highest BCUT2D eigenvalue weighted by molar-refractivity contribution is 5.94. The molecule has 2 aliphatic heterocycles. The zero-order valence-corrected chi connectivity index (χ0v) is 31.7. The van der Waals surface area contributed by atoms with Gasteiger partial charge in [-0.1, -0.05) is 62.4 Å². The van der Waals surface area contributed by atoms with E-state index in [1.807, 2.05) is 79.9 Å². The monoisotopic (exact) mass is 751 g/mol. The molecule has 5 amide bonds. The van der Waals surface area contributed by atoms with Crippen molar-refractivity contribution in [3.8, 4) is 5.75 Å². The van der Waals surface area contributed by atoms with Gasteiger partial charge in [0.25, 0.3) is 11.8 Å². The zero-order chi connectivity index (χ0) is 39.1. The second-order valence-electron chi connectivity index (χ2n) is 14.7. The Labute approximate surface area is 320 Å². The van der Waals surface area contributed by atoms with Crippen LogP contribution in [0.5, 0.6) is 5.75 Å². The average molecular weight is 752 g/mol. The van der Waals surface area contributed by atoms with Crippen molar-refractivity contribution in [2.45, 2.75) is 57.7 Å². The number of aryl methyl sites for hydroxylation is 1. The van der Waals surface area contributed by atoms with Crippen molar-refractivity contribution in [3.05, 3.63) is 102 Å². The predicted octanol–water partition coefficient (Wildman–Crippen LogP) is 2.49. The van der Waals surface area contributed by atoms with Crippen molar-refractivity contribution >= 4 is 35.2 Å². The number of benzene rings is 2. The first-order valence-electron chi connectivity index (χ1n) is 18.7. The number of nitrogens with zero attached hydrogens (tertiary/aromatic N) is 4. The van der Waals surface area contributed by atoms with Crippen molar-refractivity contribution in [1.82, 2.24) is 35.1 Å². The maximum atomic E-state index is 14.3. The molecule has 0 saturated carbocycles. The summed E-state index contributed by atoms with van der Waals surface area (Å²) in [6.45, 7) is 5.78. The topological polar surface area (TPSA) is 164 Å². The van der Waals surface area contributed by atoms with Gasteiger partial charge in [-0.05, 0) is 54.2 Å². The molecule has 0 spiro atoms. The Kier molecular flexibility index (Phi) is 12.5. The van der Waals surface area contributed by atoms with E-state index in [1.165, 1.54) is 12.0 Å². The van der Waals surface area contributed by atoms with E-state index < -0.39 is 41.8 Å². The van der Waals surface area contributed by atoms with Gasteiger partial charge in [-0.15, -0.1) is 0 Å². The molecule has 2 aromatic heterocycles. The summed E-state index contributed by atoms with van der Waals surface area (Å²) < 4.78 is 13.0. The number of aromatic nitrogens is 2. The van der Waals surface area contributed by atoms with Crippen molar-refractivity contribution < 1.29 is 33.4 Å². The molecular formula is C41H49N7O7. The number of rotatable bonds is 8. The van der Waals surface area contributed by atoms with Crippen molar-refractivity contribution in [1.29, 1.82) is 0 Å². The molecule has 14 heteroatoms. The first kappa shape index (κ1) is 38.9. The molecule has 2 bridgehead atoms. The summed E-state index contributed by atoms with van der Waals surface area (Å²) in [5, 5.41) is 8.88. The van der Waals surface area contributed by atoms with E-state index in [2.05, 4.69) is 20.9 Å². The van der Waals surface area contributed by atoms with Crippen LogP contribution in [0.2, 0.25) is 0 Å². The molecule has 3 N–H and O–H groups in total. The second kappa shape index (κ2) is 17.6. The fourth-order valence-electron chi connectivity index (χ4n) is 7.23. The van der Waals surface area contributed by atoms with Crippen LogP contribution in [0.15, 0.2) is 79.1 Å². The van der Waals surface area contributed by atoms with Crippen molar-refractivity contribution in [2.24, 2.45) is 5.92 Å². The van der Waals surface area contributed by atoms with E-state index in [0.29, 0.717) is 17.8 Å². The number of nitrogens with one attached hydrogen (secondary N) is 3. The number of ether oxygens (including phenoxy) is 2. The number of pyridine rings is 1. The molecule has 0 aliphatic carbocycles. The first-order valence-corrected chi connectivity index (χ1v) is 18.7. The highest BCUT2D eigenvalue weighted by Gasteiger charge is 2.40. The van der Waals surface area contributed by atoms with E-state index >= 15 is 0 Å². The third kappa shape index (κ3) is 9.68. The molecule has 4 heterocycles. The van der Waals surface area contributed by atoms with Gasteiger partial charge < -0.3 is 39.6 Å². The van der Waals surface area contributed by atoms with Gasteiger partial charge in [0.05, 0.1) is 19.2 Å². The highest BCUT2D eigenvalue weighted by atomic mass is 16.5. The molecule has 2 aromatic carbocycles. The van der Waals surface area contributed by atoms with Gasteiger partial charge in [0, 0.05) is 51.5 Å². The fraction of sp³-hybridized carbons (Fsp3) is 0.415. The molecule has 0 unspecified atom stereocenters. The molecule has 290 valence electrons. The number of likely N-dealkylation sites (tertiary alicyclic amines) is 1. The van der Waals surface area contributed by atoms with Gasteiger partial charge in [0.1, 0.15) is 29.2 Å². The molecule has 4 aromatic rings. The lowest BCUT2D eigenvalue weighted by Crippen LogP contribution is -2.56. The summed E-state index contributed by atoms with van der Waals surface area (Å²) in [6, 6.07) is 17.9. The van der Waals surface area contributed by atoms with Gasteiger partial charge in [0.15, 0.2) is 6.61 Å². The lowest BCUT2D eigenvalue weighted by molar-refractivity contribution is -0.141. The number of hydrogen-bond donors (Lipinski definition) is 3. The van der Waals surface area contributed by atoms with Crippen LogP contribution in [-0.2, 0) is 30.3 Å². The summed E-state index contributed by atoms with van der Waals surface area (Å²) in [4.78, 5) is 77.0. The highest BCUT2D eigenvalue weighted by Crippen LogP contribution is 2.31. The number of amides is 5. The Hall–Kier alpha value is -5.76. The lowest BCUT2D eigenvalue weighted by Gasteiger charge is -2.29. The van der Waals surface area contributed by atoms with E-state index in [0.717, 1.165) is 16.7 Å². The molecule has 1 fully saturated rings. The van der Waals surface area contributed by atoms with Crippen LogP contribution in [0, 0.1) is 12.8 Å². The normalized spacial score (nSPS) is 21.3. The molecule has 6 rings (SSSR count). The summed E-state index contributed by atoms with van der Waals surface area (Å²) >= 11 is 0. The first-order chi connectivity index (χ1) is 26.5. The van der Waals surface area contributed by atoms with Crippen molar-refractivity contribution in [3.63, 3.8) is 0 Å². The number of methoxy groups -OCH3 is 1. The molecule has 55 heavy (non-hydrogen) atoms. The zero-order valence-electron chi connectivity index (χ0n) is 31.7. The minimum atomic E-state index is -1.01. The molecule has 4 atom stereocenters. The Balaban J connectivity index is 1.35. The molecule has 14 nitrogen and oxygen atoms in total. The van der Waals surface area contributed by atoms with Crippen LogP contribution in [0.4, 0.5) is 0 Å². The number of hydrogen-bond acceptors (Lipinski definition) is 8. The SMILES string of the molecule is COCCN1CC(=O)N[C@@H](Cc2ccccc2)C(=O)N[C@@H]2CN(C(=O)c3cn4cccc(C)c4n3)C[C@H]2c2cccc(c2)OCC(=O)N[C@H](CC(C)C)C1=O. The van der Waals surface area contributed by atoms with Crippen LogP contribution < -0.4 is 20.7 Å². The minimum Gasteiger partial charge on any atom is -0.484 e. The third-order valence-corrected chi connectivity index (χ3v) is 9.97. The second-order valence-corrected chi connectivity index (χ2v) is 14.7. The molecule has 1 saturated heterocycles. The maximum absolute atomic E-state index is 14.3.